The molecule has 1 aliphatic rings. The van der Waals surface area contributed by atoms with Crippen LogP contribution >= 0.6 is 27.7 Å². The number of rotatable bonds is 5. The zero-order chi connectivity index (χ0) is 15.4. The van der Waals surface area contributed by atoms with E-state index in [1.807, 2.05) is 38.3 Å². The van der Waals surface area contributed by atoms with Crippen molar-refractivity contribution < 1.29 is 42.2 Å². The number of halogens is 1. The van der Waals surface area contributed by atoms with Crippen molar-refractivity contribution >= 4 is 39.3 Å². The van der Waals surface area contributed by atoms with E-state index in [4.69, 9.17) is 4.74 Å². The summed E-state index contributed by atoms with van der Waals surface area (Å²) < 4.78 is 6.51. The van der Waals surface area contributed by atoms with Gasteiger partial charge in [-0.2, -0.15) is 0 Å². The van der Waals surface area contributed by atoms with Gasteiger partial charge in [-0.15, -0.1) is 29.1 Å². The average Bonchev–Trinajstić information content (AvgIpc) is 2.48. The maximum Gasteiger partial charge on any atom is 0.225 e. The molecule has 1 aliphatic heterocycles. The van der Waals surface area contributed by atoms with Gasteiger partial charge < -0.3 is 9.64 Å². The standard InChI is InChI=1S/C16H19BrNO2S.Y/c1-4-18-15(8-5-11(2)16(18)19)13-7-6-12(9-14(13)17)20-10-21-3;/h6-7,9,11H,4-5,10H2,1-3H3;/q-1;. The number of hydrogen-bond acceptors (Lipinski definition) is 3. The summed E-state index contributed by atoms with van der Waals surface area (Å²) in [5.41, 5.74) is 1.84. The smallest absolute Gasteiger partial charge is 0.225 e. The predicted molar refractivity (Wildman–Crippen MR) is 91.0 cm³/mol. The first-order chi connectivity index (χ1) is 10.1. The zero-order valence-electron chi connectivity index (χ0n) is 13.1. The minimum atomic E-state index is 0. The van der Waals surface area contributed by atoms with E-state index < -0.39 is 0 Å². The molecule has 0 saturated heterocycles. The summed E-state index contributed by atoms with van der Waals surface area (Å²) in [6.07, 6.45) is 6.03. The largest absolute Gasteiger partial charge is 0.483 e. The van der Waals surface area contributed by atoms with Crippen molar-refractivity contribution in [2.75, 3.05) is 18.7 Å². The molecule has 22 heavy (non-hydrogen) atoms. The van der Waals surface area contributed by atoms with Crippen molar-refractivity contribution in [1.82, 2.24) is 4.90 Å². The Labute approximate surface area is 170 Å². The molecule has 6 heteroatoms. The molecule has 0 spiro atoms. The number of benzene rings is 1. The topological polar surface area (TPSA) is 29.5 Å². The second kappa shape index (κ2) is 9.46. The number of carbonyl (C=O) groups excluding carboxylic acids is 1. The van der Waals surface area contributed by atoms with Gasteiger partial charge in [0.2, 0.25) is 5.91 Å². The number of thioether (sulfide) groups is 1. The molecule has 1 aromatic rings. The normalized spacial score (nSPS) is 17.8. The van der Waals surface area contributed by atoms with Gasteiger partial charge in [-0.05, 0) is 25.3 Å². The zero-order valence-corrected chi connectivity index (χ0v) is 18.3. The van der Waals surface area contributed by atoms with Crippen LogP contribution < -0.4 is 4.74 Å². The van der Waals surface area contributed by atoms with Crippen molar-refractivity contribution in [2.24, 2.45) is 5.92 Å². The number of allylic oxidation sites excluding steroid dienone is 1. The Hall–Kier alpha value is 0.164. The Bertz CT molecular complexity index is 565. The summed E-state index contributed by atoms with van der Waals surface area (Å²) in [7, 11) is 0. The average molecular weight is 458 g/mol. The molecule has 3 nitrogen and oxygen atoms in total. The van der Waals surface area contributed by atoms with Crippen LogP contribution in [0.4, 0.5) is 0 Å². The van der Waals surface area contributed by atoms with E-state index in [1.165, 1.54) is 0 Å². The summed E-state index contributed by atoms with van der Waals surface area (Å²) >= 11 is 5.21. The number of nitrogens with zero attached hydrogens (tertiary/aromatic N) is 1. The molecule has 1 heterocycles. The van der Waals surface area contributed by atoms with E-state index in [-0.39, 0.29) is 44.5 Å². The van der Waals surface area contributed by atoms with E-state index in [0.29, 0.717) is 18.9 Å². The number of amides is 1. The fraction of sp³-hybridized carbons (Fsp3) is 0.438. The van der Waals surface area contributed by atoms with Crippen LogP contribution in [0.2, 0.25) is 0 Å². The van der Waals surface area contributed by atoms with Gasteiger partial charge in [0.25, 0.3) is 0 Å². The molecule has 2 rings (SSSR count). The SMILES string of the molecule is CCN1C(=O)C(C)C[C-]=C1c1ccc(OCSC)cc1Br.[Y]. The minimum Gasteiger partial charge on any atom is -0.483 e. The van der Waals surface area contributed by atoms with Crippen molar-refractivity contribution in [3.63, 3.8) is 0 Å². The Morgan fingerprint density at radius 1 is 1.50 bits per heavy atom. The molecule has 1 amide bonds. The Kier molecular flexibility index (Phi) is 8.69. The summed E-state index contributed by atoms with van der Waals surface area (Å²) in [6.45, 7) is 4.59. The van der Waals surface area contributed by atoms with Crippen LogP contribution in [-0.2, 0) is 37.5 Å². The van der Waals surface area contributed by atoms with Crippen LogP contribution in [0, 0.1) is 12.0 Å². The monoisotopic (exact) mass is 457 g/mol. The summed E-state index contributed by atoms with van der Waals surface area (Å²) in [5.74, 6) is 1.62. The van der Waals surface area contributed by atoms with Crippen LogP contribution in [0.25, 0.3) is 5.70 Å². The van der Waals surface area contributed by atoms with Crippen molar-refractivity contribution in [1.29, 1.82) is 0 Å². The van der Waals surface area contributed by atoms with Gasteiger partial charge in [-0.3, -0.25) is 4.79 Å². The van der Waals surface area contributed by atoms with Crippen LogP contribution in [0.5, 0.6) is 5.75 Å². The summed E-state index contributed by atoms with van der Waals surface area (Å²) in [4.78, 5) is 14.1. The molecule has 0 fully saturated rings. The quantitative estimate of drug-likeness (QED) is 0.490. The molecule has 0 saturated carbocycles. The Morgan fingerprint density at radius 2 is 2.23 bits per heavy atom. The molecule has 0 aromatic heterocycles. The van der Waals surface area contributed by atoms with E-state index >= 15 is 0 Å². The van der Waals surface area contributed by atoms with E-state index in [0.717, 1.165) is 21.5 Å². The van der Waals surface area contributed by atoms with Crippen LogP contribution in [0.15, 0.2) is 22.7 Å². The molecule has 117 valence electrons. The molecular formula is C16H19BrNO2SY-. The van der Waals surface area contributed by atoms with Gasteiger partial charge in [0.05, 0.1) is 0 Å². The first-order valence-electron chi connectivity index (χ1n) is 6.92. The van der Waals surface area contributed by atoms with E-state index in [2.05, 4.69) is 22.0 Å². The van der Waals surface area contributed by atoms with Crippen molar-refractivity contribution in [2.45, 2.75) is 20.3 Å². The van der Waals surface area contributed by atoms with Gasteiger partial charge in [0.15, 0.2) is 0 Å². The maximum absolute atomic E-state index is 12.3. The maximum atomic E-state index is 12.3. The second-order valence-corrected chi connectivity index (χ2v) is 6.57. The third-order valence-electron chi connectivity index (χ3n) is 3.39. The van der Waals surface area contributed by atoms with Gasteiger partial charge in [-0.1, -0.05) is 33.7 Å². The second-order valence-electron chi connectivity index (χ2n) is 4.91. The molecular weight excluding hydrogens is 439 g/mol. The molecule has 1 unspecified atom stereocenters. The third-order valence-corrected chi connectivity index (χ3v) is 4.40. The number of hydrogen-bond donors (Lipinski definition) is 0. The molecule has 1 radical (unpaired) electrons. The van der Waals surface area contributed by atoms with Crippen molar-refractivity contribution in [3.05, 3.63) is 34.3 Å². The van der Waals surface area contributed by atoms with E-state index in [9.17, 15) is 4.79 Å². The van der Waals surface area contributed by atoms with Gasteiger partial charge in [0, 0.05) is 45.2 Å². The first-order valence-corrected chi connectivity index (χ1v) is 9.11. The molecule has 0 aliphatic carbocycles. The molecule has 1 aromatic carbocycles. The number of carbonyl (C=O) groups is 1. The molecule has 0 bridgehead atoms. The van der Waals surface area contributed by atoms with Crippen LogP contribution in [0.1, 0.15) is 25.8 Å². The van der Waals surface area contributed by atoms with Gasteiger partial charge in [-0.25, -0.2) is 6.08 Å². The fourth-order valence-corrected chi connectivity index (χ4v) is 3.07. The van der Waals surface area contributed by atoms with E-state index in [1.54, 1.807) is 16.7 Å². The van der Waals surface area contributed by atoms with Crippen molar-refractivity contribution in [3.8, 4) is 5.75 Å². The minimum absolute atomic E-state index is 0. The summed E-state index contributed by atoms with van der Waals surface area (Å²) in [6, 6.07) is 5.85. The third kappa shape index (κ3) is 4.59. The van der Waals surface area contributed by atoms with Gasteiger partial charge >= 0.3 is 0 Å². The fourth-order valence-electron chi connectivity index (χ4n) is 2.27. The Balaban J connectivity index is 0.00000242. The predicted octanol–water partition coefficient (Wildman–Crippen LogP) is 4.18. The Morgan fingerprint density at radius 3 is 2.82 bits per heavy atom. The van der Waals surface area contributed by atoms with Crippen LogP contribution in [0.3, 0.4) is 0 Å². The summed E-state index contributed by atoms with van der Waals surface area (Å²) in [5, 5.41) is 0. The number of ether oxygens (including phenoxy) is 1. The molecule has 1 atom stereocenters. The first kappa shape index (κ1) is 20.2. The van der Waals surface area contributed by atoms with Gasteiger partial charge in [0.1, 0.15) is 11.7 Å². The molecule has 0 N–H and O–H groups in total. The van der Waals surface area contributed by atoms with Crippen LogP contribution in [-0.4, -0.2) is 29.5 Å².